The molecule has 0 saturated carbocycles. The lowest BCUT2D eigenvalue weighted by Gasteiger charge is -2.24. The molecule has 44 heavy (non-hydrogen) atoms. The minimum atomic E-state index is -0.990. The topological polar surface area (TPSA) is 194 Å². The third-order valence-electron chi connectivity index (χ3n) is 8.16. The molecule has 1 aromatic heterocycles. The molecular formula is C31H28N6O7. The van der Waals surface area contributed by atoms with Crippen LogP contribution in [0.15, 0.2) is 52.3 Å². The van der Waals surface area contributed by atoms with E-state index in [-0.39, 0.29) is 40.9 Å². The van der Waals surface area contributed by atoms with E-state index < -0.39 is 28.6 Å². The number of carboxylic acid groups (broad SMARTS) is 1. The first-order valence-electron chi connectivity index (χ1n) is 14.0. The number of nitrogen functional groups attached to an aromatic ring is 1. The lowest BCUT2D eigenvalue weighted by atomic mass is 9.98. The molecule has 1 aliphatic heterocycles. The molecular weight excluding hydrogens is 568 g/mol. The summed E-state index contributed by atoms with van der Waals surface area (Å²) >= 11 is 0. The van der Waals surface area contributed by atoms with Gasteiger partial charge in [0.15, 0.2) is 0 Å². The number of aromatic carboxylic acids is 1. The Kier molecular flexibility index (Phi) is 7.29. The van der Waals surface area contributed by atoms with Gasteiger partial charge in [-0.15, -0.1) is 0 Å². The molecule has 0 fully saturated rings. The number of anilines is 2. The van der Waals surface area contributed by atoms with Crippen LogP contribution in [-0.4, -0.2) is 46.0 Å². The van der Waals surface area contributed by atoms with Crippen molar-refractivity contribution in [3.8, 4) is 5.75 Å². The molecule has 224 valence electrons. The summed E-state index contributed by atoms with van der Waals surface area (Å²) in [6, 6.07) is 9.72. The van der Waals surface area contributed by atoms with Gasteiger partial charge in [-0.3, -0.25) is 19.2 Å². The standard InChI is InChI=1S/C31H28N6O7/c1-15-18-5-6-21(20(18)4-3-19(15)31(42)43)36-30(41)23-11-22(34-14-35-23)29(40)33-12-16-2-7-24-17(10-16)13-37(8-9-44-24)26-25(32)27(38)28(26)39/h2-4,7,10-11,14,21H,5-6,8-9,12-13,32H2,1H3,(H,33,40)(H,36,41)(H,42,43)/t21-/m0/s1. The van der Waals surface area contributed by atoms with Gasteiger partial charge < -0.3 is 31.1 Å². The number of carboxylic acids is 1. The number of carbonyl (C=O) groups excluding carboxylic acids is 2. The van der Waals surface area contributed by atoms with Crippen LogP contribution >= 0.6 is 0 Å². The largest absolute Gasteiger partial charge is 0.491 e. The van der Waals surface area contributed by atoms with Crippen molar-refractivity contribution >= 4 is 29.2 Å². The first-order chi connectivity index (χ1) is 21.1. The number of nitrogens with one attached hydrogen (secondary N) is 2. The number of amides is 2. The number of rotatable bonds is 7. The van der Waals surface area contributed by atoms with Crippen molar-refractivity contribution in [1.82, 2.24) is 20.6 Å². The van der Waals surface area contributed by atoms with Crippen LogP contribution in [0.2, 0.25) is 0 Å². The van der Waals surface area contributed by atoms with E-state index in [1.165, 1.54) is 6.07 Å². The van der Waals surface area contributed by atoms with Crippen LogP contribution < -0.4 is 36.9 Å². The normalized spacial score (nSPS) is 15.6. The van der Waals surface area contributed by atoms with Crippen LogP contribution in [0.1, 0.15) is 71.6 Å². The molecule has 0 saturated heterocycles. The van der Waals surface area contributed by atoms with Crippen molar-refractivity contribution in [1.29, 1.82) is 0 Å². The highest BCUT2D eigenvalue weighted by Crippen LogP contribution is 2.35. The van der Waals surface area contributed by atoms with Crippen molar-refractivity contribution in [3.63, 3.8) is 0 Å². The zero-order valence-electron chi connectivity index (χ0n) is 23.7. The fourth-order valence-corrected chi connectivity index (χ4v) is 5.83. The maximum atomic E-state index is 13.1. The molecule has 4 aromatic rings. The molecule has 6 rings (SSSR count). The summed E-state index contributed by atoms with van der Waals surface area (Å²) in [6.45, 7) is 2.92. The van der Waals surface area contributed by atoms with Gasteiger partial charge in [-0.1, -0.05) is 12.1 Å². The Balaban J connectivity index is 1.11. The first kappa shape index (κ1) is 28.5. The van der Waals surface area contributed by atoms with Crippen LogP contribution in [0.25, 0.3) is 0 Å². The Labute approximate surface area is 250 Å². The summed E-state index contributed by atoms with van der Waals surface area (Å²) in [5.41, 5.74) is 8.92. The van der Waals surface area contributed by atoms with E-state index in [9.17, 15) is 29.1 Å². The molecule has 0 bridgehead atoms. The van der Waals surface area contributed by atoms with E-state index >= 15 is 0 Å². The predicted molar refractivity (Wildman–Crippen MR) is 159 cm³/mol. The van der Waals surface area contributed by atoms with Gasteiger partial charge >= 0.3 is 5.97 Å². The molecule has 0 unspecified atom stereocenters. The zero-order chi connectivity index (χ0) is 31.1. The van der Waals surface area contributed by atoms with E-state index in [1.54, 1.807) is 36.1 Å². The van der Waals surface area contributed by atoms with E-state index in [1.807, 2.05) is 6.07 Å². The van der Waals surface area contributed by atoms with Gasteiger partial charge in [-0.2, -0.15) is 0 Å². The van der Waals surface area contributed by atoms with Crippen LogP contribution in [0.3, 0.4) is 0 Å². The van der Waals surface area contributed by atoms with Crippen molar-refractivity contribution in [2.75, 3.05) is 23.8 Å². The average molecular weight is 597 g/mol. The molecule has 1 atom stereocenters. The van der Waals surface area contributed by atoms with E-state index in [0.717, 1.165) is 28.6 Å². The number of fused-ring (bicyclic) bond motifs is 2. The molecule has 2 heterocycles. The molecule has 5 N–H and O–H groups in total. The van der Waals surface area contributed by atoms with Gasteiger partial charge in [0.1, 0.15) is 41.4 Å². The molecule has 0 radical (unpaired) electrons. The molecule has 13 nitrogen and oxygen atoms in total. The Hall–Kier alpha value is -5.59. The van der Waals surface area contributed by atoms with Gasteiger partial charge in [-0.05, 0) is 60.2 Å². The van der Waals surface area contributed by atoms with E-state index in [4.69, 9.17) is 10.5 Å². The fraction of sp³-hybridized carbons (Fsp3) is 0.258. The van der Waals surface area contributed by atoms with Crippen LogP contribution in [0.4, 0.5) is 11.4 Å². The van der Waals surface area contributed by atoms with Crippen LogP contribution in [0, 0.1) is 6.92 Å². The number of nitrogens with two attached hydrogens (primary N) is 1. The number of aromatic nitrogens is 2. The smallest absolute Gasteiger partial charge is 0.335 e. The third-order valence-corrected chi connectivity index (χ3v) is 8.16. The van der Waals surface area contributed by atoms with E-state index in [0.29, 0.717) is 43.9 Å². The summed E-state index contributed by atoms with van der Waals surface area (Å²) in [6.07, 6.45) is 2.41. The highest BCUT2D eigenvalue weighted by atomic mass is 16.5. The SMILES string of the molecule is Cc1c(C(=O)O)ccc2c1CC[C@@H]2NC(=O)c1cc(C(=O)NCc2ccc3c(c2)CN(c2c(N)c(=O)c2=O)CCO3)ncn1. The maximum Gasteiger partial charge on any atom is 0.335 e. The predicted octanol–water partition coefficient (Wildman–Crippen LogP) is 1.41. The fourth-order valence-electron chi connectivity index (χ4n) is 5.83. The Morgan fingerprint density at radius 1 is 1.07 bits per heavy atom. The summed E-state index contributed by atoms with van der Waals surface area (Å²) in [4.78, 5) is 70.9. The number of hydrogen-bond acceptors (Lipinski definition) is 10. The number of ether oxygens (including phenoxy) is 1. The highest BCUT2D eigenvalue weighted by molar-refractivity contribution is 5.97. The zero-order valence-corrected chi connectivity index (χ0v) is 23.7. The van der Waals surface area contributed by atoms with Crippen LogP contribution in [-0.2, 0) is 19.5 Å². The Morgan fingerprint density at radius 2 is 1.84 bits per heavy atom. The third kappa shape index (κ3) is 5.12. The lowest BCUT2D eigenvalue weighted by molar-refractivity contribution is 0.0695. The molecule has 0 spiro atoms. The summed E-state index contributed by atoms with van der Waals surface area (Å²) < 4.78 is 5.80. The number of benzene rings is 2. The molecule has 2 amide bonds. The number of carbonyl (C=O) groups is 3. The highest BCUT2D eigenvalue weighted by Gasteiger charge is 2.29. The van der Waals surface area contributed by atoms with Crippen LogP contribution in [0.5, 0.6) is 5.75 Å². The average Bonchev–Trinajstić information content (AvgIpc) is 3.32. The maximum absolute atomic E-state index is 13.1. The van der Waals surface area contributed by atoms with E-state index in [2.05, 4.69) is 20.6 Å². The Morgan fingerprint density at radius 3 is 2.59 bits per heavy atom. The molecule has 13 heteroatoms. The minimum absolute atomic E-state index is 0.0127. The first-order valence-corrected chi connectivity index (χ1v) is 14.0. The second-order valence-corrected chi connectivity index (χ2v) is 10.8. The van der Waals surface area contributed by atoms with Gasteiger partial charge in [0, 0.05) is 24.7 Å². The summed E-state index contributed by atoms with van der Waals surface area (Å²) in [5.74, 6) is -1.34. The molecule has 3 aromatic carbocycles. The van der Waals surface area contributed by atoms with Gasteiger partial charge in [0.05, 0.1) is 18.2 Å². The summed E-state index contributed by atoms with van der Waals surface area (Å²) in [5, 5.41) is 15.1. The van der Waals surface area contributed by atoms with Crippen molar-refractivity contribution in [3.05, 3.63) is 108 Å². The second kappa shape index (κ2) is 11.2. The quantitative estimate of drug-likeness (QED) is 0.225. The van der Waals surface area contributed by atoms with Gasteiger partial charge in [-0.25, -0.2) is 14.8 Å². The minimum Gasteiger partial charge on any atom is -0.491 e. The van der Waals surface area contributed by atoms with Gasteiger partial charge in [0.25, 0.3) is 22.7 Å². The van der Waals surface area contributed by atoms with Crippen molar-refractivity contribution < 1.29 is 24.2 Å². The molecule has 2 aliphatic rings. The lowest BCUT2D eigenvalue weighted by Crippen LogP contribution is -2.43. The van der Waals surface area contributed by atoms with Crippen molar-refractivity contribution in [2.24, 2.45) is 0 Å². The number of hydrogen-bond donors (Lipinski definition) is 4. The monoisotopic (exact) mass is 596 g/mol. The summed E-state index contributed by atoms with van der Waals surface area (Å²) in [7, 11) is 0. The van der Waals surface area contributed by atoms with Crippen molar-refractivity contribution in [2.45, 2.75) is 38.9 Å². The number of nitrogens with zero attached hydrogens (tertiary/aromatic N) is 3. The second-order valence-electron chi connectivity index (χ2n) is 10.8. The Bertz CT molecular complexity index is 1910. The molecule has 1 aliphatic carbocycles. The van der Waals surface area contributed by atoms with Gasteiger partial charge in [0.2, 0.25) is 0 Å².